The first-order valence-electron chi connectivity index (χ1n) is 9.31. The van der Waals surface area contributed by atoms with Crippen LogP contribution in [0.25, 0.3) is 22.2 Å². The zero-order chi connectivity index (χ0) is 20.2. The minimum absolute atomic E-state index is 0.264. The van der Waals surface area contributed by atoms with Crippen LogP contribution in [0.2, 0.25) is 0 Å². The number of ether oxygens (including phenoxy) is 1. The highest BCUT2D eigenvalue weighted by molar-refractivity contribution is 6.00. The van der Waals surface area contributed by atoms with Crippen molar-refractivity contribution in [2.45, 2.75) is 6.92 Å². The number of carbonyl (C=O) groups excluding carboxylic acids is 1. The Hall–Kier alpha value is -3.80. The molecule has 4 aromatic rings. The third-order valence-corrected chi connectivity index (χ3v) is 4.47. The van der Waals surface area contributed by atoms with E-state index in [2.05, 4.69) is 15.6 Å². The number of fused-ring (bicyclic) bond motifs is 1. The minimum atomic E-state index is -0.356. The Balaban J connectivity index is 1.46. The van der Waals surface area contributed by atoms with Gasteiger partial charge in [-0.05, 0) is 61.0 Å². The molecule has 6 heteroatoms. The highest BCUT2D eigenvalue weighted by Crippen LogP contribution is 2.26. The minimum Gasteiger partial charge on any atom is -0.492 e. The van der Waals surface area contributed by atoms with E-state index in [0.29, 0.717) is 23.7 Å². The molecule has 3 aromatic carbocycles. The molecule has 1 heterocycles. The number of H-pyrrole nitrogens is 1. The van der Waals surface area contributed by atoms with Crippen molar-refractivity contribution in [3.05, 3.63) is 78.6 Å². The standard InChI is InChI=1S/C23H20FN3O2/c1-2-29-22-6-4-3-5-20(22)27-23(28)25-18-10-7-15(8-11-18)21-14-16-13-17(24)9-12-19(16)26-21/h3-14,26H,2H2,1H3,(H2,25,27,28). The van der Waals surface area contributed by atoms with Gasteiger partial charge in [0.1, 0.15) is 11.6 Å². The maximum absolute atomic E-state index is 13.4. The number of halogens is 1. The fourth-order valence-electron chi connectivity index (χ4n) is 3.13. The molecule has 0 atom stereocenters. The van der Waals surface area contributed by atoms with Crippen LogP contribution in [0.4, 0.5) is 20.6 Å². The van der Waals surface area contributed by atoms with Gasteiger partial charge in [0.2, 0.25) is 0 Å². The fraction of sp³-hybridized carbons (Fsp3) is 0.0870. The van der Waals surface area contributed by atoms with Crippen molar-refractivity contribution in [3.8, 4) is 17.0 Å². The number of amides is 2. The normalized spacial score (nSPS) is 10.7. The summed E-state index contributed by atoms with van der Waals surface area (Å²) in [4.78, 5) is 15.6. The van der Waals surface area contributed by atoms with Gasteiger partial charge in [0.25, 0.3) is 0 Å². The predicted molar refractivity (Wildman–Crippen MR) is 114 cm³/mol. The number of nitrogens with one attached hydrogen (secondary N) is 3. The molecule has 0 unspecified atom stereocenters. The van der Waals surface area contributed by atoms with Crippen molar-refractivity contribution in [2.75, 3.05) is 17.2 Å². The fourth-order valence-corrected chi connectivity index (χ4v) is 3.13. The highest BCUT2D eigenvalue weighted by Gasteiger charge is 2.08. The molecule has 5 nitrogen and oxygen atoms in total. The number of benzene rings is 3. The average molecular weight is 389 g/mol. The van der Waals surface area contributed by atoms with Crippen LogP contribution in [-0.4, -0.2) is 17.6 Å². The lowest BCUT2D eigenvalue weighted by atomic mass is 10.1. The average Bonchev–Trinajstić information content (AvgIpc) is 3.13. The maximum Gasteiger partial charge on any atom is 0.323 e. The third-order valence-electron chi connectivity index (χ3n) is 4.47. The quantitative estimate of drug-likeness (QED) is 0.391. The Labute approximate surface area is 167 Å². The molecular weight excluding hydrogens is 369 g/mol. The van der Waals surface area contributed by atoms with Crippen LogP contribution in [0.3, 0.4) is 0 Å². The number of urea groups is 1. The molecule has 0 saturated heterocycles. The van der Waals surface area contributed by atoms with Crippen LogP contribution < -0.4 is 15.4 Å². The Morgan fingerprint density at radius 3 is 2.59 bits per heavy atom. The molecule has 0 saturated carbocycles. The summed E-state index contributed by atoms with van der Waals surface area (Å²) in [5.41, 5.74) is 3.95. The molecule has 0 aliphatic heterocycles. The van der Waals surface area contributed by atoms with E-state index in [4.69, 9.17) is 4.74 Å². The molecular formula is C23H20FN3O2. The zero-order valence-corrected chi connectivity index (χ0v) is 15.8. The SMILES string of the molecule is CCOc1ccccc1NC(=O)Nc1ccc(-c2cc3cc(F)ccc3[nH]2)cc1. The van der Waals surface area contributed by atoms with Gasteiger partial charge in [-0.3, -0.25) is 0 Å². The van der Waals surface area contributed by atoms with Crippen molar-refractivity contribution in [2.24, 2.45) is 0 Å². The summed E-state index contributed by atoms with van der Waals surface area (Å²) in [5.74, 6) is 0.357. The first-order chi connectivity index (χ1) is 14.1. The largest absolute Gasteiger partial charge is 0.492 e. The molecule has 0 radical (unpaired) electrons. The van der Waals surface area contributed by atoms with Crippen LogP contribution in [0.1, 0.15) is 6.92 Å². The van der Waals surface area contributed by atoms with Gasteiger partial charge in [0, 0.05) is 22.3 Å². The number of rotatable bonds is 5. The summed E-state index contributed by atoms with van der Waals surface area (Å²) >= 11 is 0. The monoisotopic (exact) mass is 389 g/mol. The van der Waals surface area contributed by atoms with Crippen molar-refractivity contribution < 1.29 is 13.9 Å². The summed E-state index contributed by atoms with van der Waals surface area (Å²) in [5, 5.41) is 6.42. The summed E-state index contributed by atoms with van der Waals surface area (Å²) in [6.07, 6.45) is 0. The molecule has 29 heavy (non-hydrogen) atoms. The van der Waals surface area contributed by atoms with Gasteiger partial charge in [0.15, 0.2) is 0 Å². The van der Waals surface area contributed by atoms with E-state index in [9.17, 15) is 9.18 Å². The molecule has 0 bridgehead atoms. The first kappa shape index (κ1) is 18.6. The van der Waals surface area contributed by atoms with E-state index in [-0.39, 0.29) is 11.8 Å². The van der Waals surface area contributed by atoms with Gasteiger partial charge in [-0.1, -0.05) is 24.3 Å². The topological polar surface area (TPSA) is 66.2 Å². The first-order valence-corrected chi connectivity index (χ1v) is 9.31. The van der Waals surface area contributed by atoms with Gasteiger partial charge in [-0.15, -0.1) is 0 Å². The molecule has 0 fully saturated rings. The smallest absolute Gasteiger partial charge is 0.323 e. The lowest BCUT2D eigenvalue weighted by Crippen LogP contribution is -2.19. The Morgan fingerprint density at radius 1 is 1.00 bits per heavy atom. The number of para-hydroxylation sites is 2. The third kappa shape index (κ3) is 4.21. The lowest BCUT2D eigenvalue weighted by molar-refractivity contribution is 0.262. The summed E-state index contributed by atoms with van der Waals surface area (Å²) in [7, 11) is 0. The van der Waals surface area contributed by atoms with E-state index in [1.807, 2.05) is 49.4 Å². The second-order valence-corrected chi connectivity index (χ2v) is 6.50. The van der Waals surface area contributed by atoms with Crippen molar-refractivity contribution in [3.63, 3.8) is 0 Å². The molecule has 3 N–H and O–H groups in total. The van der Waals surface area contributed by atoms with Gasteiger partial charge in [-0.25, -0.2) is 9.18 Å². The molecule has 0 aliphatic rings. The van der Waals surface area contributed by atoms with Crippen LogP contribution in [0.15, 0.2) is 72.8 Å². The summed E-state index contributed by atoms with van der Waals surface area (Å²) < 4.78 is 18.9. The lowest BCUT2D eigenvalue weighted by Gasteiger charge is -2.12. The van der Waals surface area contributed by atoms with E-state index in [1.165, 1.54) is 12.1 Å². The van der Waals surface area contributed by atoms with E-state index in [0.717, 1.165) is 22.2 Å². The van der Waals surface area contributed by atoms with Crippen molar-refractivity contribution in [1.82, 2.24) is 4.98 Å². The molecule has 0 aliphatic carbocycles. The van der Waals surface area contributed by atoms with Gasteiger partial charge in [-0.2, -0.15) is 0 Å². The zero-order valence-electron chi connectivity index (χ0n) is 15.8. The number of aromatic nitrogens is 1. The van der Waals surface area contributed by atoms with Crippen LogP contribution in [0.5, 0.6) is 5.75 Å². The van der Waals surface area contributed by atoms with E-state index >= 15 is 0 Å². The highest BCUT2D eigenvalue weighted by atomic mass is 19.1. The molecule has 4 rings (SSSR count). The Bertz CT molecular complexity index is 1150. The maximum atomic E-state index is 13.4. The molecule has 2 amide bonds. The second-order valence-electron chi connectivity index (χ2n) is 6.50. The predicted octanol–water partition coefficient (Wildman–Crippen LogP) is 6.02. The number of hydrogen-bond donors (Lipinski definition) is 3. The van der Waals surface area contributed by atoms with Crippen LogP contribution >= 0.6 is 0 Å². The van der Waals surface area contributed by atoms with Crippen LogP contribution in [-0.2, 0) is 0 Å². The molecule has 1 aromatic heterocycles. The van der Waals surface area contributed by atoms with Crippen molar-refractivity contribution >= 4 is 28.3 Å². The number of aromatic amines is 1. The summed E-state index contributed by atoms with van der Waals surface area (Å²) in [6, 6.07) is 20.9. The number of hydrogen-bond acceptors (Lipinski definition) is 2. The van der Waals surface area contributed by atoms with Gasteiger partial charge in [0.05, 0.1) is 12.3 Å². The van der Waals surface area contributed by atoms with Gasteiger partial charge >= 0.3 is 6.03 Å². The van der Waals surface area contributed by atoms with E-state index in [1.54, 1.807) is 18.2 Å². The number of anilines is 2. The van der Waals surface area contributed by atoms with Gasteiger partial charge < -0.3 is 20.4 Å². The Morgan fingerprint density at radius 2 is 1.79 bits per heavy atom. The molecule has 146 valence electrons. The Kier molecular flexibility index (Phi) is 5.16. The number of carbonyl (C=O) groups is 1. The second kappa shape index (κ2) is 8.06. The van der Waals surface area contributed by atoms with Crippen molar-refractivity contribution in [1.29, 1.82) is 0 Å². The summed E-state index contributed by atoms with van der Waals surface area (Å²) in [6.45, 7) is 2.41. The van der Waals surface area contributed by atoms with Crippen LogP contribution in [0, 0.1) is 5.82 Å². The molecule has 0 spiro atoms. The van der Waals surface area contributed by atoms with E-state index < -0.39 is 0 Å².